The molecule has 0 spiro atoms. The molecule has 0 unspecified atom stereocenters. The van der Waals surface area contributed by atoms with Gasteiger partial charge in [-0.15, -0.1) is 0 Å². The lowest BCUT2D eigenvalue weighted by atomic mass is 10.2. The number of carbonyl (C=O) groups is 1. The minimum absolute atomic E-state index is 0.178. The summed E-state index contributed by atoms with van der Waals surface area (Å²) in [7, 11) is -3.21. The Labute approximate surface area is 129 Å². The third-order valence-corrected chi connectivity index (χ3v) is 5.65. The number of urea groups is 1. The Morgan fingerprint density at radius 2 is 1.95 bits per heavy atom. The Morgan fingerprint density at radius 3 is 2.64 bits per heavy atom. The first-order valence-electron chi connectivity index (χ1n) is 7.30. The molecule has 7 nitrogen and oxygen atoms in total. The highest BCUT2D eigenvalue weighted by Crippen LogP contribution is 2.26. The van der Waals surface area contributed by atoms with E-state index in [0.29, 0.717) is 50.6 Å². The van der Waals surface area contributed by atoms with Crippen LogP contribution in [0.15, 0.2) is 24.3 Å². The summed E-state index contributed by atoms with van der Waals surface area (Å²) >= 11 is 0. The minimum atomic E-state index is -3.21. The number of hydrogen-bond donors (Lipinski definition) is 1. The second kappa shape index (κ2) is 6.13. The van der Waals surface area contributed by atoms with Crippen LogP contribution in [0.5, 0.6) is 0 Å². The van der Waals surface area contributed by atoms with Gasteiger partial charge in [-0.25, -0.2) is 13.2 Å². The summed E-state index contributed by atoms with van der Waals surface area (Å²) in [5, 5.41) is 2.81. The van der Waals surface area contributed by atoms with E-state index in [1.807, 2.05) is 0 Å². The topological polar surface area (TPSA) is 79.0 Å². The monoisotopic (exact) mass is 325 g/mol. The quantitative estimate of drug-likeness (QED) is 0.883. The van der Waals surface area contributed by atoms with Crippen molar-refractivity contribution in [2.24, 2.45) is 0 Å². The summed E-state index contributed by atoms with van der Waals surface area (Å²) in [5.74, 6) is 0.178. The Bertz CT molecular complexity index is 656. The highest BCUT2D eigenvalue weighted by Gasteiger charge is 2.28. The maximum absolute atomic E-state index is 12.2. The van der Waals surface area contributed by atoms with Crippen molar-refractivity contribution >= 4 is 27.4 Å². The lowest BCUT2D eigenvalue weighted by Crippen LogP contribution is -2.43. The summed E-state index contributed by atoms with van der Waals surface area (Å²) in [6.07, 6.45) is 0.632. The summed E-state index contributed by atoms with van der Waals surface area (Å²) in [6, 6.07) is 6.75. The maximum atomic E-state index is 12.2. The molecule has 120 valence electrons. The normalized spacial score (nSPS) is 20.9. The third-order valence-electron chi connectivity index (χ3n) is 3.78. The number of nitrogens with one attached hydrogen (secondary N) is 1. The molecule has 2 saturated heterocycles. The molecule has 1 N–H and O–H groups in total. The first-order valence-corrected chi connectivity index (χ1v) is 8.91. The van der Waals surface area contributed by atoms with Gasteiger partial charge in [0.2, 0.25) is 10.0 Å². The molecule has 1 aromatic carbocycles. The number of carbonyl (C=O) groups excluding carboxylic acids is 1. The molecular formula is C14H19N3O4S. The van der Waals surface area contributed by atoms with Gasteiger partial charge in [-0.2, -0.15) is 0 Å². The standard InChI is InChI=1S/C14H19N3O4S/c18-14(16-6-8-21-9-7-16)15-12-3-1-4-13(11-12)17-5-2-10-22(17,19)20/h1,3-4,11H,2,5-10H2,(H,15,18). The number of morpholine rings is 1. The largest absolute Gasteiger partial charge is 0.378 e. The van der Waals surface area contributed by atoms with Crippen LogP contribution in [0.4, 0.5) is 16.2 Å². The second-order valence-corrected chi connectivity index (χ2v) is 7.33. The van der Waals surface area contributed by atoms with Crippen LogP contribution >= 0.6 is 0 Å². The molecule has 0 saturated carbocycles. The van der Waals surface area contributed by atoms with Gasteiger partial charge in [-0.05, 0) is 24.6 Å². The van der Waals surface area contributed by atoms with Crippen molar-refractivity contribution in [3.8, 4) is 0 Å². The van der Waals surface area contributed by atoms with Gasteiger partial charge in [-0.1, -0.05) is 6.07 Å². The summed E-state index contributed by atoms with van der Waals surface area (Å²) in [6.45, 7) is 2.69. The number of anilines is 2. The summed E-state index contributed by atoms with van der Waals surface area (Å²) in [5.41, 5.74) is 1.19. The van der Waals surface area contributed by atoms with Gasteiger partial charge in [0, 0.05) is 25.3 Å². The van der Waals surface area contributed by atoms with Gasteiger partial charge in [0.1, 0.15) is 0 Å². The van der Waals surface area contributed by atoms with Gasteiger partial charge in [0.25, 0.3) is 0 Å². The van der Waals surface area contributed by atoms with Crippen LogP contribution in [0.1, 0.15) is 6.42 Å². The Kier molecular flexibility index (Phi) is 4.21. The number of rotatable bonds is 2. The molecule has 2 heterocycles. The van der Waals surface area contributed by atoms with Crippen LogP contribution in [0.25, 0.3) is 0 Å². The van der Waals surface area contributed by atoms with E-state index >= 15 is 0 Å². The molecule has 0 aliphatic carbocycles. The number of sulfonamides is 1. The van der Waals surface area contributed by atoms with Crippen molar-refractivity contribution in [2.75, 3.05) is 48.2 Å². The number of benzene rings is 1. The average Bonchev–Trinajstić information content (AvgIpc) is 2.88. The van der Waals surface area contributed by atoms with E-state index in [4.69, 9.17) is 4.74 Å². The molecule has 0 aromatic heterocycles. The Hall–Kier alpha value is -1.80. The second-order valence-electron chi connectivity index (χ2n) is 5.32. The molecule has 8 heteroatoms. The van der Waals surface area contributed by atoms with Crippen molar-refractivity contribution in [1.29, 1.82) is 0 Å². The highest BCUT2D eigenvalue weighted by atomic mass is 32.2. The molecule has 2 amide bonds. The van der Waals surface area contributed by atoms with Gasteiger partial charge in [0.05, 0.1) is 24.7 Å². The fourth-order valence-corrected chi connectivity index (χ4v) is 4.19. The van der Waals surface area contributed by atoms with E-state index in [1.54, 1.807) is 29.2 Å². The SMILES string of the molecule is O=C(Nc1cccc(N2CCCS2(=O)=O)c1)N1CCOCC1. The zero-order valence-electron chi connectivity index (χ0n) is 12.2. The van der Waals surface area contributed by atoms with Crippen LogP contribution in [0, 0.1) is 0 Å². The fourth-order valence-electron chi connectivity index (χ4n) is 2.64. The predicted molar refractivity (Wildman–Crippen MR) is 83.6 cm³/mol. The molecule has 22 heavy (non-hydrogen) atoms. The zero-order valence-corrected chi connectivity index (χ0v) is 13.0. The molecule has 2 aliphatic heterocycles. The number of amides is 2. The molecule has 3 rings (SSSR count). The molecule has 0 radical (unpaired) electrons. The van der Waals surface area contributed by atoms with E-state index in [-0.39, 0.29) is 11.8 Å². The highest BCUT2D eigenvalue weighted by molar-refractivity contribution is 7.93. The molecule has 0 bridgehead atoms. The van der Waals surface area contributed by atoms with Crippen LogP contribution in [0.3, 0.4) is 0 Å². The lowest BCUT2D eigenvalue weighted by Gasteiger charge is -2.27. The predicted octanol–water partition coefficient (Wildman–Crippen LogP) is 1.09. The van der Waals surface area contributed by atoms with Gasteiger partial charge in [0.15, 0.2) is 0 Å². The molecular weight excluding hydrogens is 306 g/mol. The van der Waals surface area contributed by atoms with Gasteiger partial charge >= 0.3 is 6.03 Å². The van der Waals surface area contributed by atoms with E-state index in [1.165, 1.54) is 4.31 Å². The molecule has 2 fully saturated rings. The first kappa shape index (κ1) is 15.1. The van der Waals surface area contributed by atoms with Crippen LogP contribution in [-0.4, -0.2) is 57.9 Å². The minimum Gasteiger partial charge on any atom is -0.378 e. The van der Waals surface area contributed by atoms with Crippen molar-refractivity contribution in [2.45, 2.75) is 6.42 Å². The van der Waals surface area contributed by atoms with Crippen molar-refractivity contribution in [1.82, 2.24) is 4.90 Å². The van der Waals surface area contributed by atoms with Crippen molar-refractivity contribution in [3.63, 3.8) is 0 Å². The van der Waals surface area contributed by atoms with Crippen LogP contribution < -0.4 is 9.62 Å². The Balaban J connectivity index is 1.72. The van der Waals surface area contributed by atoms with Crippen molar-refractivity contribution in [3.05, 3.63) is 24.3 Å². The van der Waals surface area contributed by atoms with E-state index in [9.17, 15) is 13.2 Å². The van der Waals surface area contributed by atoms with Crippen LogP contribution in [0.2, 0.25) is 0 Å². The average molecular weight is 325 g/mol. The Morgan fingerprint density at radius 1 is 1.18 bits per heavy atom. The third kappa shape index (κ3) is 3.17. The lowest BCUT2D eigenvalue weighted by molar-refractivity contribution is 0.0564. The van der Waals surface area contributed by atoms with Crippen molar-refractivity contribution < 1.29 is 17.9 Å². The van der Waals surface area contributed by atoms with Crippen LogP contribution in [-0.2, 0) is 14.8 Å². The molecule has 1 aromatic rings. The first-order chi connectivity index (χ1) is 10.6. The number of hydrogen-bond acceptors (Lipinski definition) is 4. The van der Waals surface area contributed by atoms with E-state index in [2.05, 4.69) is 5.32 Å². The van der Waals surface area contributed by atoms with Gasteiger partial charge < -0.3 is 15.0 Å². The smallest absolute Gasteiger partial charge is 0.322 e. The molecule has 2 aliphatic rings. The summed E-state index contributed by atoms with van der Waals surface area (Å²) < 4.78 is 30.5. The number of ether oxygens (including phenoxy) is 1. The maximum Gasteiger partial charge on any atom is 0.322 e. The fraction of sp³-hybridized carbons (Fsp3) is 0.500. The van der Waals surface area contributed by atoms with E-state index < -0.39 is 10.0 Å². The van der Waals surface area contributed by atoms with E-state index in [0.717, 1.165) is 0 Å². The molecule has 0 atom stereocenters. The van der Waals surface area contributed by atoms with Gasteiger partial charge in [-0.3, -0.25) is 4.31 Å². The summed E-state index contributed by atoms with van der Waals surface area (Å²) in [4.78, 5) is 13.8. The zero-order chi connectivity index (χ0) is 15.6. The number of nitrogens with zero attached hydrogens (tertiary/aromatic N) is 2.